The summed E-state index contributed by atoms with van der Waals surface area (Å²) in [5.41, 5.74) is 0. The van der Waals surface area contributed by atoms with Crippen molar-refractivity contribution in [1.29, 1.82) is 0 Å². The molecule has 51 heavy (non-hydrogen) atoms. The lowest BCUT2D eigenvalue weighted by atomic mass is 9.94. The third-order valence-corrected chi connectivity index (χ3v) is 9.10. The Kier molecular flexibility index (Phi) is 17.8. The minimum atomic E-state index is -1.67. The zero-order chi connectivity index (χ0) is 37.8. The van der Waals surface area contributed by atoms with Gasteiger partial charge in [0, 0.05) is 26.9 Å². The molecular weight excluding hydrogens is 684 g/mol. The van der Waals surface area contributed by atoms with Gasteiger partial charge in [0.2, 0.25) is 11.8 Å². The molecule has 0 bridgehead atoms. The summed E-state index contributed by atoms with van der Waals surface area (Å²) in [6.45, 7) is 2.79. The van der Waals surface area contributed by atoms with Gasteiger partial charge < -0.3 is 79.5 Å². The number of methoxy groups -OCH3 is 1. The molecule has 296 valence electrons. The van der Waals surface area contributed by atoms with Gasteiger partial charge in [-0.05, 0) is 19.8 Å². The Balaban J connectivity index is 1.78. The Labute approximate surface area is 296 Å². The molecule has 19 nitrogen and oxygen atoms in total. The maximum absolute atomic E-state index is 12.3. The molecule has 3 aliphatic heterocycles. The molecule has 0 aromatic heterocycles. The highest BCUT2D eigenvalue weighted by Crippen LogP contribution is 2.31. The largest absolute Gasteiger partial charge is 0.469 e. The molecular formula is C32H56N2O17. The fraction of sp³-hybridized carbons (Fsp3) is 0.906. The lowest BCUT2D eigenvalue weighted by Crippen LogP contribution is -2.69. The van der Waals surface area contributed by atoms with Crippen LogP contribution in [0.2, 0.25) is 0 Å². The predicted molar refractivity (Wildman–Crippen MR) is 171 cm³/mol. The van der Waals surface area contributed by atoms with Crippen LogP contribution in [0.1, 0.15) is 65.7 Å². The first kappa shape index (κ1) is 43.3. The Morgan fingerprint density at radius 2 is 1.24 bits per heavy atom. The second-order valence-corrected chi connectivity index (χ2v) is 13.1. The standard InChI is InChI=1S/C32H56N2O17/c1-15-23(39)27(43)28(44)32(48-15)47-14-19-29(51-31-21(33-16(2)36)25(41)24(40)18(13-35)49-31)26(42)22(34-17(3)37)30(50-19)46-12-10-8-6-5-7-9-11-20(38)45-4/h15,18-19,21-32,35,39-44H,5-14H2,1-4H3,(H,33,36)(H,34,37). The number of hydrogen-bond donors (Lipinski definition) is 9. The van der Waals surface area contributed by atoms with E-state index < -0.39 is 117 Å². The molecule has 0 radical (unpaired) electrons. The van der Waals surface area contributed by atoms with E-state index in [1.165, 1.54) is 21.0 Å². The van der Waals surface area contributed by atoms with E-state index in [-0.39, 0.29) is 12.6 Å². The fourth-order valence-electron chi connectivity index (χ4n) is 6.22. The van der Waals surface area contributed by atoms with Crippen molar-refractivity contribution >= 4 is 17.8 Å². The molecule has 3 fully saturated rings. The van der Waals surface area contributed by atoms with Crippen LogP contribution >= 0.6 is 0 Å². The van der Waals surface area contributed by atoms with E-state index in [0.29, 0.717) is 12.8 Å². The third kappa shape index (κ3) is 12.2. The second kappa shape index (κ2) is 21.0. The van der Waals surface area contributed by atoms with E-state index in [0.717, 1.165) is 39.0 Å². The molecule has 3 rings (SSSR count). The van der Waals surface area contributed by atoms with Crippen molar-refractivity contribution in [2.45, 2.75) is 158 Å². The summed E-state index contributed by atoms with van der Waals surface area (Å²) in [4.78, 5) is 35.5. The van der Waals surface area contributed by atoms with Crippen LogP contribution in [0.4, 0.5) is 0 Å². The summed E-state index contributed by atoms with van der Waals surface area (Å²) in [5.74, 6) is -1.41. The summed E-state index contributed by atoms with van der Waals surface area (Å²) in [5, 5.41) is 78.7. The Hall–Kier alpha value is -2.11. The van der Waals surface area contributed by atoms with E-state index in [9.17, 15) is 50.1 Å². The smallest absolute Gasteiger partial charge is 0.305 e. The molecule has 15 atom stereocenters. The van der Waals surface area contributed by atoms with Crippen LogP contribution in [-0.2, 0) is 47.5 Å². The average Bonchev–Trinajstić information content (AvgIpc) is 3.09. The zero-order valence-electron chi connectivity index (χ0n) is 29.4. The van der Waals surface area contributed by atoms with E-state index in [1.807, 2.05) is 0 Å². The first-order chi connectivity index (χ1) is 24.2. The molecule has 19 heteroatoms. The van der Waals surface area contributed by atoms with Crippen LogP contribution in [-0.4, -0.2) is 172 Å². The van der Waals surface area contributed by atoms with Gasteiger partial charge in [0.25, 0.3) is 0 Å². The maximum atomic E-state index is 12.3. The molecule has 0 aromatic rings. The predicted octanol–water partition coefficient (Wildman–Crippen LogP) is -3.33. The Morgan fingerprint density at radius 1 is 0.647 bits per heavy atom. The van der Waals surface area contributed by atoms with Gasteiger partial charge in [0.05, 0.1) is 26.4 Å². The van der Waals surface area contributed by atoms with E-state index >= 15 is 0 Å². The number of aliphatic hydroxyl groups is 7. The van der Waals surface area contributed by atoms with Gasteiger partial charge >= 0.3 is 5.97 Å². The van der Waals surface area contributed by atoms with Crippen molar-refractivity contribution in [1.82, 2.24) is 10.6 Å². The van der Waals surface area contributed by atoms with Crippen LogP contribution < -0.4 is 10.6 Å². The number of nitrogens with one attached hydrogen (secondary N) is 2. The number of hydrogen-bond acceptors (Lipinski definition) is 17. The first-order valence-electron chi connectivity index (χ1n) is 17.3. The van der Waals surface area contributed by atoms with Gasteiger partial charge in [-0.25, -0.2) is 0 Å². The van der Waals surface area contributed by atoms with E-state index in [4.69, 9.17) is 28.4 Å². The van der Waals surface area contributed by atoms with E-state index in [2.05, 4.69) is 15.4 Å². The zero-order valence-corrected chi connectivity index (χ0v) is 29.4. The van der Waals surface area contributed by atoms with Gasteiger partial charge in [-0.2, -0.15) is 0 Å². The van der Waals surface area contributed by atoms with Crippen molar-refractivity contribution in [3.63, 3.8) is 0 Å². The maximum Gasteiger partial charge on any atom is 0.305 e. The van der Waals surface area contributed by atoms with Crippen LogP contribution in [0.15, 0.2) is 0 Å². The van der Waals surface area contributed by atoms with Crippen LogP contribution in [0.3, 0.4) is 0 Å². The number of aliphatic hydroxyl groups excluding tert-OH is 7. The minimum Gasteiger partial charge on any atom is -0.469 e. The van der Waals surface area contributed by atoms with Gasteiger partial charge in [-0.15, -0.1) is 0 Å². The van der Waals surface area contributed by atoms with Gasteiger partial charge in [0.15, 0.2) is 18.9 Å². The lowest BCUT2D eigenvalue weighted by Gasteiger charge is -2.48. The molecule has 0 saturated carbocycles. The third-order valence-electron chi connectivity index (χ3n) is 9.10. The topological polar surface area (TPSA) is 281 Å². The van der Waals surface area contributed by atoms with Crippen LogP contribution in [0.25, 0.3) is 0 Å². The van der Waals surface area contributed by atoms with Gasteiger partial charge in [-0.1, -0.05) is 25.7 Å². The molecule has 15 unspecified atom stereocenters. The van der Waals surface area contributed by atoms with Crippen LogP contribution in [0.5, 0.6) is 0 Å². The number of carbonyl (C=O) groups is 3. The average molecular weight is 741 g/mol. The van der Waals surface area contributed by atoms with Gasteiger partial charge in [0.1, 0.15) is 67.0 Å². The summed E-state index contributed by atoms with van der Waals surface area (Å²) in [6.07, 6.45) is -13.8. The normalized spacial score (nSPS) is 38.5. The number of carbonyl (C=O) groups excluding carboxylic acids is 3. The molecule has 2 amide bonds. The SMILES string of the molecule is COC(=O)CCCCCCCCOC1OC(COC2OC(C)C(O)C(O)C2O)C(OC2OC(CO)C(O)C(O)C2NC(C)=O)C(O)C1NC(C)=O. The van der Waals surface area contributed by atoms with E-state index in [1.54, 1.807) is 0 Å². The molecule has 0 spiro atoms. The highest BCUT2D eigenvalue weighted by Gasteiger charge is 2.52. The van der Waals surface area contributed by atoms with Crippen molar-refractivity contribution in [2.24, 2.45) is 0 Å². The first-order valence-corrected chi connectivity index (χ1v) is 17.3. The molecule has 0 aromatic carbocycles. The van der Waals surface area contributed by atoms with Crippen molar-refractivity contribution in [3.8, 4) is 0 Å². The summed E-state index contributed by atoms with van der Waals surface area (Å²) >= 11 is 0. The molecule has 9 N–H and O–H groups in total. The van der Waals surface area contributed by atoms with Crippen molar-refractivity contribution in [2.75, 3.05) is 26.9 Å². The molecule has 0 aliphatic carbocycles. The molecule has 3 saturated heterocycles. The second-order valence-electron chi connectivity index (χ2n) is 13.1. The number of unbranched alkanes of at least 4 members (excludes halogenated alkanes) is 5. The minimum absolute atomic E-state index is 0.166. The quantitative estimate of drug-likeness (QED) is 0.0491. The number of amides is 2. The fourth-order valence-corrected chi connectivity index (χ4v) is 6.22. The summed E-state index contributed by atoms with van der Waals surface area (Å²) < 4.78 is 39.9. The molecule has 3 aliphatic rings. The monoisotopic (exact) mass is 740 g/mol. The number of ether oxygens (including phenoxy) is 7. The highest BCUT2D eigenvalue weighted by molar-refractivity contribution is 5.73. The Morgan fingerprint density at radius 3 is 1.84 bits per heavy atom. The Bertz CT molecular complexity index is 1090. The number of rotatable bonds is 18. The van der Waals surface area contributed by atoms with Crippen molar-refractivity contribution < 1.29 is 83.3 Å². The summed E-state index contributed by atoms with van der Waals surface area (Å²) in [7, 11) is 1.35. The number of esters is 1. The van der Waals surface area contributed by atoms with Crippen molar-refractivity contribution in [3.05, 3.63) is 0 Å². The highest BCUT2D eigenvalue weighted by atomic mass is 16.7. The van der Waals surface area contributed by atoms with Gasteiger partial charge in [-0.3, -0.25) is 14.4 Å². The molecule has 3 heterocycles. The lowest BCUT2D eigenvalue weighted by molar-refractivity contribution is -0.344. The summed E-state index contributed by atoms with van der Waals surface area (Å²) in [6, 6.07) is -2.61. The van der Waals surface area contributed by atoms with Crippen LogP contribution in [0, 0.1) is 0 Å².